The lowest BCUT2D eigenvalue weighted by Gasteiger charge is -2.08. The number of benzene rings is 8. The van der Waals surface area contributed by atoms with Gasteiger partial charge in [-0.05, 0) is 133 Å². The Hall–Kier alpha value is -9.15. The number of aromatic nitrogens is 2. The van der Waals surface area contributed by atoms with Crippen LogP contribution >= 0.6 is 45.3 Å². The van der Waals surface area contributed by atoms with Gasteiger partial charge in [0.2, 0.25) is 0 Å². The molecule has 14 heteroatoms. The number of fused-ring (bicyclic) bond motifs is 15. The molecule has 0 fully saturated rings. The van der Waals surface area contributed by atoms with Gasteiger partial charge in [0.15, 0.2) is 17.3 Å². The average molecular weight is 1110 g/mol. The Morgan fingerprint density at radius 2 is 0.838 bits per heavy atom. The second-order valence-corrected chi connectivity index (χ2v) is 24.4. The number of ether oxygens (including phenoxy) is 2. The lowest BCUT2D eigenvalue weighted by Crippen LogP contribution is -2.13. The lowest BCUT2D eigenvalue weighted by molar-refractivity contribution is 0.0985. The molecule has 382 valence electrons. The molecule has 0 saturated heterocycles. The molecule has 2 aliphatic carbocycles. The molecule has 80 heavy (non-hydrogen) atoms. The number of nitrogens with zero attached hydrogens (tertiary/aromatic N) is 2. The van der Waals surface area contributed by atoms with Crippen LogP contribution in [-0.4, -0.2) is 43.8 Å². The molecular weight excluding hydrogens is 1080 g/mol. The summed E-state index contributed by atoms with van der Waals surface area (Å²) in [4.78, 5) is 73.4. The molecule has 0 amide bonds. The first-order valence-corrected chi connectivity index (χ1v) is 28.9. The van der Waals surface area contributed by atoms with Crippen molar-refractivity contribution in [2.24, 2.45) is 0 Å². The molecule has 2 aliphatic rings. The van der Waals surface area contributed by atoms with E-state index in [1.54, 1.807) is 33.4 Å². The lowest BCUT2D eigenvalue weighted by atomic mass is 9.98. The SMILES string of the molecule is O=C1C(=Cc2cc3c(s2)c2sc4c(sc5c6sc(/C=C7/C(=O)c8cc9cc%10ccccc%10cc9cc8C7O)cc6n(C(=O)OCc6ccccc6)c54)c2n3C(=O)OCc2ccccc2)C(=O)c2cc3cc4ccccc4cc3cc21. The number of carbonyl (C=O) groups excluding carboxylic acids is 5. The van der Waals surface area contributed by atoms with E-state index in [0.717, 1.165) is 82.4 Å². The third kappa shape index (κ3) is 7.13. The number of thiophene rings is 4. The van der Waals surface area contributed by atoms with E-state index in [0.29, 0.717) is 54.1 Å². The van der Waals surface area contributed by atoms with Crippen LogP contribution in [0.15, 0.2) is 181 Å². The Morgan fingerprint density at radius 3 is 1.30 bits per heavy atom. The molecule has 6 aromatic heterocycles. The van der Waals surface area contributed by atoms with Crippen LogP contribution in [0.25, 0.3) is 106 Å². The third-order valence-corrected chi connectivity index (χ3v) is 20.4. The van der Waals surface area contributed by atoms with Crippen molar-refractivity contribution >= 4 is 180 Å². The second kappa shape index (κ2) is 17.7. The van der Waals surface area contributed by atoms with E-state index in [-0.39, 0.29) is 41.7 Å². The largest absolute Gasteiger partial charge is 0.444 e. The molecule has 0 spiro atoms. The first-order valence-electron chi connectivity index (χ1n) is 25.7. The van der Waals surface area contributed by atoms with Gasteiger partial charge in [-0.3, -0.25) is 14.4 Å². The van der Waals surface area contributed by atoms with E-state index < -0.39 is 18.3 Å². The first kappa shape index (κ1) is 46.9. The predicted octanol–water partition coefficient (Wildman–Crippen LogP) is 17.1. The van der Waals surface area contributed by atoms with Gasteiger partial charge in [-0.15, -0.1) is 45.3 Å². The van der Waals surface area contributed by atoms with Crippen LogP contribution in [0.5, 0.6) is 0 Å². The van der Waals surface area contributed by atoms with Crippen LogP contribution in [0.3, 0.4) is 0 Å². The summed E-state index contributed by atoms with van der Waals surface area (Å²) in [5.74, 6) is -0.973. The Balaban J connectivity index is 0.838. The van der Waals surface area contributed by atoms with Gasteiger partial charge in [-0.2, -0.15) is 0 Å². The van der Waals surface area contributed by atoms with Crippen molar-refractivity contribution in [1.82, 2.24) is 9.13 Å². The van der Waals surface area contributed by atoms with Gasteiger partial charge < -0.3 is 14.6 Å². The number of allylic oxidation sites excluding steroid dienone is 1. The molecule has 0 aliphatic heterocycles. The van der Waals surface area contributed by atoms with Crippen molar-refractivity contribution in [2.75, 3.05) is 0 Å². The minimum Gasteiger partial charge on any atom is -0.444 e. The van der Waals surface area contributed by atoms with Crippen LogP contribution < -0.4 is 0 Å². The highest BCUT2D eigenvalue weighted by atomic mass is 32.1. The zero-order chi connectivity index (χ0) is 53.7. The molecule has 1 N–H and O–H groups in total. The first-order chi connectivity index (χ1) is 39.1. The topological polar surface area (TPSA) is 134 Å². The Bertz CT molecular complexity index is 5120. The number of rotatable bonds is 6. The molecule has 6 heterocycles. The van der Waals surface area contributed by atoms with E-state index in [2.05, 4.69) is 12.1 Å². The van der Waals surface area contributed by atoms with Crippen molar-refractivity contribution in [1.29, 1.82) is 0 Å². The summed E-state index contributed by atoms with van der Waals surface area (Å²) in [6, 6.07) is 54.2. The molecule has 1 unspecified atom stereocenters. The molecule has 10 nitrogen and oxygen atoms in total. The van der Waals surface area contributed by atoms with Crippen LogP contribution in [0.4, 0.5) is 9.59 Å². The number of hydrogen-bond acceptors (Lipinski definition) is 12. The van der Waals surface area contributed by atoms with E-state index >= 15 is 0 Å². The molecular formula is C66H36N2O8S4. The minimum absolute atomic E-state index is 0.00884. The van der Waals surface area contributed by atoms with Crippen molar-refractivity contribution < 1.29 is 38.6 Å². The van der Waals surface area contributed by atoms with Crippen LogP contribution in [-0.2, 0) is 22.7 Å². The Labute approximate surface area is 468 Å². The maximum absolute atomic E-state index is 14.8. The van der Waals surface area contributed by atoms with Gasteiger partial charge >= 0.3 is 12.2 Å². The average Bonchev–Trinajstić information content (AvgIpc) is 4.54. The summed E-state index contributed by atoms with van der Waals surface area (Å²) in [7, 11) is 0. The summed E-state index contributed by atoms with van der Waals surface area (Å²) in [5, 5.41) is 19.6. The fourth-order valence-corrected chi connectivity index (χ4v) is 16.9. The fraction of sp³-hybridized carbons (Fsp3) is 0.0455. The van der Waals surface area contributed by atoms with Crippen molar-refractivity contribution in [3.8, 4) is 0 Å². The van der Waals surface area contributed by atoms with Gasteiger partial charge in [0.25, 0.3) is 0 Å². The number of aliphatic hydroxyl groups is 1. The number of carbonyl (C=O) groups is 5. The fourth-order valence-electron chi connectivity index (χ4n) is 11.6. The molecule has 1 atom stereocenters. The Morgan fingerprint density at radius 1 is 0.438 bits per heavy atom. The van der Waals surface area contributed by atoms with E-state index in [9.17, 15) is 29.1 Å². The highest BCUT2D eigenvalue weighted by Gasteiger charge is 2.37. The standard InChI is InChI=1S/C66H36N2O8S4/c69-55-45-23-39-19-35-15-7-8-16-36(35)20-40(39)24-46(45)56(70)49(55)27-43-29-51-59(77-43)61-53(67(51)65(73)75-31-33-11-3-1-4-12-33)63-64(79-61)54-62(80-63)60-52(68(54)66(74)76-32-34-13-5-2-6-14-34)30-44(78-60)28-50-57(71)47-25-41-21-37-17-9-10-18-38(37)22-42(41)26-48(47)58(50)72/h1-30,55,69H,31-32H2/b49-27+. The summed E-state index contributed by atoms with van der Waals surface area (Å²) < 4.78 is 19.9. The summed E-state index contributed by atoms with van der Waals surface area (Å²) in [5.41, 5.74) is 5.97. The number of Topliss-reactive ketones (excluding diaryl/α,β-unsaturated/α-hetero) is 3. The zero-order valence-electron chi connectivity index (χ0n) is 41.6. The van der Waals surface area contributed by atoms with Crippen LogP contribution in [0.1, 0.15) is 63.6 Å². The van der Waals surface area contributed by atoms with Gasteiger partial charge in [-0.25, -0.2) is 18.7 Å². The van der Waals surface area contributed by atoms with Gasteiger partial charge in [-0.1, -0.05) is 109 Å². The summed E-state index contributed by atoms with van der Waals surface area (Å²) in [6.45, 7) is 0.0231. The zero-order valence-corrected chi connectivity index (χ0v) is 44.9. The molecule has 0 radical (unpaired) electrons. The maximum atomic E-state index is 14.8. The highest BCUT2D eigenvalue weighted by Crippen LogP contribution is 2.53. The quantitative estimate of drug-likeness (QED) is 0.0988. The molecule has 0 saturated carbocycles. The number of aliphatic hydroxyl groups excluding tert-OH is 1. The Kier molecular flexibility index (Phi) is 10.4. The van der Waals surface area contributed by atoms with Gasteiger partial charge in [0.05, 0.1) is 55.8 Å². The molecule has 14 aromatic rings. The number of hydrogen-bond donors (Lipinski definition) is 1. The van der Waals surface area contributed by atoms with E-state index in [1.807, 2.05) is 146 Å². The maximum Gasteiger partial charge on any atom is 0.419 e. The molecule has 8 aromatic carbocycles. The monoisotopic (exact) mass is 1110 g/mol. The molecule has 16 rings (SSSR count). The summed E-state index contributed by atoms with van der Waals surface area (Å²) in [6.07, 6.45) is 0.963. The van der Waals surface area contributed by atoms with Crippen LogP contribution in [0, 0.1) is 0 Å². The van der Waals surface area contributed by atoms with Crippen molar-refractivity contribution in [3.63, 3.8) is 0 Å². The van der Waals surface area contributed by atoms with E-state index in [4.69, 9.17) is 9.47 Å². The normalized spacial score (nSPS) is 15.0. The van der Waals surface area contributed by atoms with Gasteiger partial charge in [0.1, 0.15) is 19.3 Å². The van der Waals surface area contributed by atoms with Gasteiger partial charge in [0, 0.05) is 32.0 Å². The summed E-state index contributed by atoms with van der Waals surface area (Å²) >= 11 is 5.66. The van der Waals surface area contributed by atoms with E-state index in [1.165, 1.54) is 45.3 Å². The molecule has 0 bridgehead atoms. The highest BCUT2D eigenvalue weighted by molar-refractivity contribution is 7.40. The van der Waals surface area contributed by atoms with Crippen molar-refractivity contribution in [2.45, 2.75) is 19.3 Å². The minimum atomic E-state index is -1.16. The predicted molar refractivity (Wildman–Crippen MR) is 322 cm³/mol. The smallest absolute Gasteiger partial charge is 0.419 e. The van der Waals surface area contributed by atoms with Crippen LogP contribution in [0.2, 0.25) is 0 Å². The third-order valence-electron chi connectivity index (χ3n) is 15.4. The second-order valence-electron chi connectivity index (χ2n) is 20.2. The van der Waals surface area contributed by atoms with Crippen molar-refractivity contribution in [3.05, 3.63) is 224 Å². The number of ketones is 3.